The smallest absolute Gasteiger partial charge is 0.355 e. The third-order valence-corrected chi connectivity index (χ3v) is 6.36. The second-order valence-corrected chi connectivity index (χ2v) is 8.65. The molecule has 0 bridgehead atoms. The molecule has 0 spiro atoms. The Morgan fingerprint density at radius 1 is 1.15 bits per heavy atom. The van der Waals surface area contributed by atoms with E-state index in [9.17, 15) is 14.4 Å². The number of nitrogens with zero attached hydrogens (tertiary/aromatic N) is 1. The minimum Gasteiger partial charge on any atom is -0.461 e. The molecule has 2 N–H and O–H groups in total. The maximum atomic E-state index is 12.9. The van der Waals surface area contributed by atoms with Crippen molar-refractivity contribution in [3.05, 3.63) is 58.4 Å². The summed E-state index contributed by atoms with van der Waals surface area (Å²) in [6.07, 6.45) is 3.34. The number of H-pyrrole nitrogens is 1. The maximum Gasteiger partial charge on any atom is 0.355 e. The van der Waals surface area contributed by atoms with Gasteiger partial charge >= 0.3 is 5.97 Å². The summed E-state index contributed by atoms with van der Waals surface area (Å²) in [5, 5.41) is 3.03. The van der Waals surface area contributed by atoms with E-state index >= 15 is 0 Å². The fourth-order valence-corrected chi connectivity index (χ4v) is 4.50. The van der Waals surface area contributed by atoms with Gasteiger partial charge in [-0.1, -0.05) is 30.3 Å². The first-order valence-electron chi connectivity index (χ1n) is 11.8. The van der Waals surface area contributed by atoms with Crippen molar-refractivity contribution in [3.63, 3.8) is 0 Å². The van der Waals surface area contributed by atoms with Gasteiger partial charge in [0.15, 0.2) is 0 Å². The standard InChI is InChI=1S/C26H35N3O4/c1-4-33-26(32)24-18(2)22(19(3)28-24)12-13-23(30)29-16-8-11-21(17-29)25(31)27-15-14-20-9-6-5-7-10-20/h5-7,9-10,21,28H,4,8,11-17H2,1-3H3,(H,27,31). The van der Waals surface area contributed by atoms with E-state index in [0.29, 0.717) is 44.8 Å². The molecule has 1 atom stereocenters. The van der Waals surface area contributed by atoms with Crippen molar-refractivity contribution in [1.29, 1.82) is 0 Å². The number of aryl methyl sites for hydroxylation is 1. The van der Waals surface area contributed by atoms with E-state index in [1.165, 1.54) is 5.56 Å². The Morgan fingerprint density at radius 3 is 2.64 bits per heavy atom. The number of likely N-dealkylation sites (tertiary alicyclic amines) is 1. The number of hydrogen-bond donors (Lipinski definition) is 2. The second-order valence-electron chi connectivity index (χ2n) is 8.65. The number of amides is 2. The first-order valence-corrected chi connectivity index (χ1v) is 11.8. The Hall–Kier alpha value is -3.09. The van der Waals surface area contributed by atoms with Crippen molar-refractivity contribution in [1.82, 2.24) is 15.2 Å². The van der Waals surface area contributed by atoms with E-state index in [4.69, 9.17) is 4.74 Å². The number of piperidine rings is 1. The summed E-state index contributed by atoms with van der Waals surface area (Å²) in [4.78, 5) is 42.6. The van der Waals surface area contributed by atoms with Crippen LogP contribution in [0.25, 0.3) is 0 Å². The van der Waals surface area contributed by atoms with Crippen LogP contribution in [0.2, 0.25) is 0 Å². The number of rotatable bonds is 9. The van der Waals surface area contributed by atoms with Crippen molar-refractivity contribution in [3.8, 4) is 0 Å². The first-order chi connectivity index (χ1) is 15.9. The van der Waals surface area contributed by atoms with Crippen LogP contribution in [0.3, 0.4) is 0 Å². The number of benzene rings is 1. The molecule has 2 amide bonds. The number of aromatic amines is 1. The van der Waals surface area contributed by atoms with Crippen molar-refractivity contribution in [2.75, 3.05) is 26.2 Å². The van der Waals surface area contributed by atoms with Gasteiger partial charge in [0, 0.05) is 31.7 Å². The zero-order valence-electron chi connectivity index (χ0n) is 19.9. The summed E-state index contributed by atoms with van der Waals surface area (Å²) in [7, 11) is 0. The highest BCUT2D eigenvalue weighted by Gasteiger charge is 2.28. The fourth-order valence-electron chi connectivity index (χ4n) is 4.50. The van der Waals surface area contributed by atoms with E-state index in [0.717, 1.165) is 36.1 Å². The SMILES string of the molecule is CCOC(=O)c1[nH]c(C)c(CCC(=O)N2CCCC(C(=O)NCCc3ccccc3)C2)c1C. The average Bonchev–Trinajstić information content (AvgIpc) is 3.11. The van der Waals surface area contributed by atoms with Crippen LogP contribution in [0.4, 0.5) is 0 Å². The normalized spacial score (nSPS) is 15.8. The number of carbonyl (C=O) groups is 3. The largest absolute Gasteiger partial charge is 0.461 e. The van der Waals surface area contributed by atoms with Gasteiger partial charge < -0.3 is 19.9 Å². The molecule has 1 aliphatic rings. The van der Waals surface area contributed by atoms with Crippen LogP contribution in [0.5, 0.6) is 0 Å². The molecule has 7 nitrogen and oxygen atoms in total. The zero-order valence-corrected chi connectivity index (χ0v) is 19.9. The summed E-state index contributed by atoms with van der Waals surface area (Å²) in [5.41, 5.74) is 4.37. The monoisotopic (exact) mass is 453 g/mol. The van der Waals surface area contributed by atoms with Crippen LogP contribution in [0.1, 0.15) is 59.1 Å². The van der Waals surface area contributed by atoms with Crippen LogP contribution in [0.15, 0.2) is 30.3 Å². The van der Waals surface area contributed by atoms with Crippen molar-refractivity contribution >= 4 is 17.8 Å². The van der Waals surface area contributed by atoms with Crippen LogP contribution in [-0.4, -0.2) is 53.9 Å². The summed E-state index contributed by atoms with van der Waals surface area (Å²) < 4.78 is 5.10. The summed E-state index contributed by atoms with van der Waals surface area (Å²) in [6.45, 7) is 7.64. The highest BCUT2D eigenvalue weighted by molar-refractivity contribution is 5.90. The van der Waals surface area contributed by atoms with Crippen LogP contribution >= 0.6 is 0 Å². The fraction of sp³-hybridized carbons (Fsp3) is 0.500. The van der Waals surface area contributed by atoms with Gasteiger partial charge in [0.25, 0.3) is 0 Å². The van der Waals surface area contributed by atoms with E-state index in [1.807, 2.05) is 36.9 Å². The highest BCUT2D eigenvalue weighted by atomic mass is 16.5. The van der Waals surface area contributed by atoms with Crippen molar-refractivity contribution in [2.24, 2.45) is 5.92 Å². The molecule has 2 heterocycles. The molecular weight excluding hydrogens is 418 g/mol. The third kappa shape index (κ3) is 6.46. The number of ether oxygens (including phenoxy) is 1. The quantitative estimate of drug-likeness (QED) is 0.570. The second kappa shape index (κ2) is 11.7. The molecule has 1 aliphatic heterocycles. The molecule has 0 aliphatic carbocycles. The molecule has 1 unspecified atom stereocenters. The molecule has 0 saturated carbocycles. The molecular formula is C26H35N3O4. The first kappa shape index (κ1) is 24.6. The van der Waals surface area contributed by atoms with E-state index in [-0.39, 0.29) is 23.7 Å². The molecule has 3 rings (SSSR count). The molecule has 178 valence electrons. The van der Waals surface area contributed by atoms with Gasteiger partial charge in [-0.05, 0) is 63.1 Å². The number of carbonyl (C=O) groups excluding carboxylic acids is 3. The summed E-state index contributed by atoms with van der Waals surface area (Å²) >= 11 is 0. The lowest BCUT2D eigenvalue weighted by molar-refractivity contribution is -0.135. The number of nitrogens with one attached hydrogen (secondary N) is 2. The van der Waals surface area contributed by atoms with E-state index < -0.39 is 0 Å². The lowest BCUT2D eigenvalue weighted by atomic mass is 9.96. The number of hydrogen-bond acceptors (Lipinski definition) is 4. The maximum absolute atomic E-state index is 12.9. The van der Waals surface area contributed by atoms with Gasteiger partial charge in [-0.3, -0.25) is 9.59 Å². The molecule has 1 saturated heterocycles. The summed E-state index contributed by atoms with van der Waals surface area (Å²) in [5.74, 6) is -0.452. The highest BCUT2D eigenvalue weighted by Crippen LogP contribution is 2.22. The molecule has 7 heteroatoms. The predicted octanol–water partition coefficient (Wildman–Crippen LogP) is 3.34. The minimum absolute atomic E-state index is 0.0276. The zero-order chi connectivity index (χ0) is 23.8. The van der Waals surface area contributed by atoms with Gasteiger partial charge in [-0.25, -0.2) is 4.79 Å². The van der Waals surface area contributed by atoms with Crippen molar-refractivity contribution in [2.45, 2.75) is 52.9 Å². The van der Waals surface area contributed by atoms with E-state index in [2.05, 4.69) is 22.4 Å². The Kier molecular flexibility index (Phi) is 8.69. The van der Waals surface area contributed by atoms with Crippen LogP contribution < -0.4 is 5.32 Å². The third-order valence-electron chi connectivity index (χ3n) is 6.36. The minimum atomic E-state index is -0.368. The van der Waals surface area contributed by atoms with E-state index in [1.54, 1.807) is 6.92 Å². The Labute approximate surface area is 195 Å². The lowest BCUT2D eigenvalue weighted by Gasteiger charge is -2.32. The van der Waals surface area contributed by atoms with Crippen LogP contribution in [-0.2, 0) is 27.2 Å². The Bertz CT molecular complexity index is 967. The van der Waals surface area contributed by atoms with Gasteiger partial charge in [0.2, 0.25) is 11.8 Å². The summed E-state index contributed by atoms with van der Waals surface area (Å²) in [6, 6.07) is 10.1. The average molecular weight is 454 g/mol. The van der Waals surface area contributed by atoms with Gasteiger partial charge in [0.1, 0.15) is 5.69 Å². The molecule has 1 aromatic carbocycles. The molecule has 0 radical (unpaired) electrons. The topological polar surface area (TPSA) is 91.5 Å². The Morgan fingerprint density at radius 2 is 1.91 bits per heavy atom. The predicted molar refractivity (Wildman–Crippen MR) is 127 cm³/mol. The van der Waals surface area contributed by atoms with Crippen LogP contribution in [0, 0.1) is 19.8 Å². The molecule has 1 aromatic heterocycles. The van der Waals surface area contributed by atoms with Crippen molar-refractivity contribution < 1.29 is 19.1 Å². The Balaban J connectivity index is 1.49. The molecule has 2 aromatic rings. The van der Waals surface area contributed by atoms with Gasteiger partial charge in [-0.15, -0.1) is 0 Å². The number of esters is 1. The van der Waals surface area contributed by atoms with Gasteiger partial charge in [-0.2, -0.15) is 0 Å². The molecule has 1 fully saturated rings. The lowest BCUT2D eigenvalue weighted by Crippen LogP contribution is -2.45. The molecule has 33 heavy (non-hydrogen) atoms. The van der Waals surface area contributed by atoms with Gasteiger partial charge in [0.05, 0.1) is 12.5 Å². The number of aromatic nitrogens is 1.